The third-order valence-electron chi connectivity index (χ3n) is 2.33. The summed E-state index contributed by atoms with van der Waals surface area (Å²) in [7, 11) is 1.62. The van der Waals surface area contributed by atoms with Gasteiger partial charge in [0.25, 0.3) is 0 Å². The van der Waals surface area contributed by atoms with Gasteiger partial charge < -0.3 is 15.8 Å². The summed E-state index contributed by atoms with van der Waals surface area (Å²) in [5.41, 5.74) is 6.60. The fourth-order valence-corrected chi connectivity index (χ4v) is 2.28. The highest BCUT2D eigenvalue weighted by atomic mass is 79.9. The SMILES string of the molecule is COc1cc(Nc2cc(N)nc(SC)n2)ccc1Br. The molecule has 0 bridgehead atoms. The van der Waals surface area contributed by atoms with Gasteiger partial charge in [0.05, 0.1) is 11.6 Å². The van der Waals surface area contributed by atoms with Crippen molar-refractivity contribution in [3.63, 3.8) is 0 Å². The molecule has 0 radical (unpaired) electrons. The minimum atomic E-state index is 0.436. The molecule has 0 aliphatic heterocycles. The van der Waals surface area contributed by atoms with Gasteiger partial charge in [0.2, 0.25) is 0 Å². The van der Waals surface area contributed by atoms with Crippen molar-refractivity contribution in [1.29, 1.82) is 0 Å². The van der Waals surface area contributed by atoms with Crippen LogP contribution in [0.1, 0.15) is 0 Å². The van der Waals surface area contributed by atoms with Crippen LogP contribution in [-0.2, 0) is 0 Å². The van der Waals surface area contributed by atoms with E-state index in [0.29, 0.717) is 16.8 Å². The van der Waals surface area contributed by atoms with E-state index in [2.05, 4.69) is 31.2 Å². The highest BCUT2D eigenvalue weighted by Crippen LogP contribution is 2.29. The van der Waals surface area contributed by atoms with Gasteiger partial charge in [0.15, 0.2) is 5.16 Å². The second kappa shape index (κ2) is 6.12. The van der Waals surface area contributed by atoms with E-state index in [4.69, 9.17) is 10.5 Å². The lowest BCUT2D eigenvalue weighted by Crippen LogP contribution is -2.00. The molecule has 1 aromatic heterocycles. The van der Waals surface area contributed by atoms with E-state index in [9.17, 15) is 0 Å². The van der Waals surface area contributed by atoms with Crippen LogP contribution in [0.15, 0.2) is 33.9 Å². The molecule has 100 valence electrons. The smallest absolute Gasteiger partial charge is 0.191 e. The maximum absolute atomic E-state index is 5.73. The van der Waals surface area contributed by atoms with Gasteiger partial charge in [-0.1, -0.05) is 11.8 Å². The van der Waals surface area contributed by atoms with Crippen LogP contribution in [0.4, 0.5) is 17.3 Å². The van der Waals surface area contributed by atoms with Crippen LogP contribution >= 0.6 is 27.7 Å². The Labute approximate surface area is 124 Å². The van der Waals surface area contributed by atoms with Crippen LogP contribution in [0.25, 0.3) is 0 Å². The number of rotatable bonds is 4. The predicted molar refractivity (Wildman–Crippen MR) is 82.2 cm³/mol. The quantitative estimate of drug-likeness (QED) is 0.657. The summed E-state index contributed by atoms with van der Waals surface area (Å²) in [6.45, 7) is 0. The maximum Gasteiger partial charge on any atom is 0.191 e. The van der Waals surface area contributed by atoms with Gasteiger partial charge in [-0.3, -0.25) is 0 Å². The van der Waals surface area contributed by atoms with E-state index < -0.39 is 0 Å². The first-order valence-electron chi connectivity index (χ1n) is 5.41. The van der Waals surface area contributed by atoms with E-state index in [1.165, 1.54) is 11.8 Å². The van der Waals surface area contributed by atoms with Crippen molar-refractivity contribution in [2.75, 3.05) is 24.4 Å². The molecule has 3 N–H and O–H groups in total. The summed E-state index contributed by atoms with van der Waals surface area (Å²) in [6.07, 6.45) is 1.90. The first-order valence-corrected chi connectivity index (χ1v) is 7.43. The van der Waals surface area contributed by atoms with E-state index in [-0.39, 0.29) is 0 Å². The van der Waals surface area contributed by atoms with E-state index >= 15 is 0 Å². The normalized spacial score (nSPS) is 10.3. The second-order valence-electron chi connectivity index (χ2n) is 3.64. The molecule has 0 spiro atoms. The largest absolute Gasteiger partial charge is 0.495 e. The summed E-state index contributed by atoms with van der Waals surface area (Å²) in [5, 5.41) is 3.81. The summed E-state index contributed by atoms with van der Waals surface area (Å²) in [6, 6.07) is 7.39. The molecule has 0 aliphatic rings. The summed E-state index contributed by atoms with van der Waals surface area (Å²) >= 11 is 4.85. The van der Waals surface area contributed by atoms with Crippen LogP contribution in [0.2, 0.25) is 0 Å². The number of nitrogens with zero attached hydrogens (tertiary/aromatic N) is 2. The van der Waals surface area contributed by atoms with Crippen molar-refractivity contribution in [2.45, 2.75) is 5.16 Å². The van der Waals surface area contributed by atoms with Crippen molar-refractivity contribution in [3.05, 3.63) is 28.7 Å². The molecule has 1 heterocycles. The Morgan fingerprint density at radius 3 is 2.79 bits per heavy atom. The monoisotopic (exact) mass is 340 g/mol. The van der Waals surface area contributed by atoms with Gasteiger partial charge >= 0.3 is 0 Å². The van der Waals surface area contributed by atoms with Crippen LogP contribution in [0.3, 0.4) is 0 Å². The van der Waals surface area contributed by atoms with Crippen LogP contribution < -0.4 is 15.8 Å². The molecular weight excluding hydrogens is 328 g/mol. The first kappa shape index (κ1) is 14.0. The molecule has 2 aromatic rings. The fraction of sp³-hybridized carbons (Fsp3) is 0.167. The Hall–Kier alpha value is -1.47. The van der Waals surface area contributed by atoms with Crippen LogP contribution in [-0.4, -0.2) is 23.3 Å². The zero-order chi connectivity index (χ0) is 13.8. The number of hydrogen-bond donors (Lipinski definition) is 2. The maximum atomic E-state index is 5.73. The summed E-state index contributed by atoms with van der Waals surface area (Å²) in [4.78, 5) is 8.43. The Bertz CT molecular complexity index is 594. The molecule has 1 aromatic carbocycles. The predicted octanol–water partition coefficient (Wildman–Crippen LogP) is 3.30. The minimum absolute atomic E-state index is 0.436. The zero-order valence-corrected chi connectivity index (χ0v) is 12.9. The highest BCUT2D eigenvalue weighted by molar-refractivity contribution is 9.10. The van der Waals surface area contributed by atoms with Crippen LogP contribution in [0, 0.1) is 0 Å². The number of anilines is 3. The number of nitrogen functional groups attached to an aromatic ring is 1. The number of thioether (sulfide) groups is 1. The molecular formula is C12H13BrN4OS. The molecule has 19 heavy (non-hydrogen) atoms. The standard InChI is InChI=1S/C12H13BrN4OS/c1-18-9-5-7(3-4-8(9)13)15-11-6-10(14)16-12(17-11)19-2/h3-6H,1-2H3,(H3,14,15,16,17). The van der Waals surface area contributed by atoms with Gasteiger partial charge in [-0.2, -0.15) is 0 Å². The molecule has 0 saturated carbocycles. The summed E-state index contributed by atoms with van der Waals surface area (Å²) < 4.78 is 6.14. The molecule has 0 atom stereocenters. The topological polar surface area (TPSA) is 73.1 Å². The van der Waals surface area contributed by atoms with Gasteiger partial charge in [-0.25, -0.2) is 9.97 Å². The van der Waals surface area contributed by atoms with Gasteiger partial charge in [0, 0.05) is 17.8 Å². The molecule has 2 rings (SSSR count). The Morgan fingerprint density at radius 1 is 1.32 bits per heavy atom. The summed E-state index contributed by atoms with van der Waals surface area (Å²) in [5.74, 6) is 1.84. The number of aromatic nitrogens is 2. The number of benzene rings is 1. The van der Waals surface area contributed by atoms with Crippen molar-refractivity contribution in [1.82, 2.24) is 9.97 Å². The molecule has 0 saturated heterocycles. The third-order valence-corrected chi connectivity index (χ3v) is 3.53. The van der Waals surface area contributed by atoms with Gasteiger partial charge in [-0.05, 0) is 34.3 Å². The zero-order valence-electron chi connectivity index (χ0n) is 10.5. The van der Waals surface area contributed by atoms with E-state index in [0.717, 1.165) is 15.9 Å². The van der Waals surface area contributed by atoms with Crippen molar-refractivity contribution in [2.24, 2.45) is 0 Å². The Kier molecular flexibility index (Phi) is 4.49. The van der Waals surface area contributed by atoms with Crippen LogP contribution in [0.5, 0.6) is 5.75 Å². The Morgan fingerprint density at radius 2 is 2.11 bits per heavy atom. The third kappa shape index (κ3) is 3.51. The highest BCUT2D eigenvalue weighted by Gasteiger charge is 2.05. The number of hydrogen-bond acceptors (Lipinski definition) is 6. The molecule has 0 amide bonds. The number of nitrogens with one attached hydrogen (secondary N) is 1. The lowest BCUT2D eigenvalue weighted by Gasteiger charge is -2.10. The van der Waals surface area contributed by atoms with E-state index in [1.54, 1.807) is 13.2 Å². The number of methoxy groups -OCH3 is 1. The number of nitrogens with two attached hydrogens (primary N) is 1. The van der Waals surface area contributed by atoms with Crippen molar-refractivity contribution in [3.8, 4) is 5.75 Å². The Balaban J connectivity index is 2.28. The van der Waals surface area contributed by atoms with Gasteiger partial charge in [0.1, 0.15) is 17.4 Å². The average molecular weight is 341 g/mol. The molecule has 5 nitrogen and oxygen atoms in total. The second-order valence-corrected chi connectivity index (χ2v) is 5.27. The first-order chi connectivity index (χ1) is 9.12. The van der Waals surface area contributed by atoms with Crippen molar-refractivity contribution >= 4 is 45.0 Å². The lowest BCUT2D eigenvalue weighted by molar-refractivity contribution is 0.412. The molecule has 0 fully saturated rings. The number of halogens is 1. The minimum Gasteiger partial charge on any atom is -0.495 e. The van der Waals surface area contributed by atoms with E-state index in [1.807, 2.05) is 24.5 Å². The van der Waals surface area contributed by atoms with Crippen molar-refractivity contribution < 1.29 is 4.74 Å². The molecule has 7 heteroatoms. The molecule has 0 unspecified atom stereocenters. The lowest BCUT2D eigenvalue weighted by atomic mass is 10.3. The fourth-order valence-electron chi connectivity index (χ4n) is 1.48. The molecule has 0 aliphatic carbocycles. The van der Waals surface area contributed by atoms with Gasteiger partial charge in [-0.15, -0.1) is 0 Å². The number of ether oxygens (including phenoxy) is 1. The average Bonchev–Trinajstić information content (AvgIpc) is 2.40.